The van der Waals surface area contributed by atoms with Crippen molar-refractivity contribution >= 4 is 53.1 Å². The smallest absolute Gasteiger partial charge is 0.326 e. The first-order chi connectivity index (χ1) is 17.9. The Morgan fingerprint density at radius 3 is 2.18 bits per heavy atom. The van der Waals surface area contributed by atoms with Crippen LogP contribution in [0.5, 0.6) is 0 Å². The van der Waals surface area contributed by atoms with Crippen LogP contribution in [0.25, 0.3) is 10.9 Å². The molecule has 13 heteroatoms. The minimum Gasteiger partial charge on any atom is -0.480 e. The number of para-hydroxylation sites is 1. The fourth-order valence-electron chi connectivity index (χ4n) is 3.91. The first-order valence-corrected chi connectivity index (χ1v) is 12.9. The van der Waals surface area contributed by atoms with Crippen molar-refractivity contribution in [2.24, 2.45) is 17.4 Å². The van der Waals surface area contributed by atoms with Crippen LogP contribution in [0, 0.1) is 5.92 Å². The zero-order valence-corrected chi connectivity index (χ0v) is 22.3. The zero-order valence-electron chi connectivity index (χ0n) is 21.4. The van der Waals surface area contributed by atoms with Crippen molar-refractivity contribution < 1.29 is 29.1 Å². The molecule has 0 radical (unpaired) electrons. The van der Waals surface area contributed by atoms with E-state index >= 15 is 0 Å². The fraction of sp³-hybridized carbons (Fsp3) is 0.480. The topological polar surface area (TPSA) is 209 Å². The van der Waals surface area contributed by atoms with Crippen LogP contribution in [0.3, 0.4) is 0 Å². The maximum absolute atomic E-state index is 13.3. The average molecular weight is 549 g/mol. The van der Waals surface area contributed by atoms with E-state index in [0.717, 1.165) is 16.5 Å². The summed E-state index contributed by atoms with van der Waals surface area (Å²) in [7, 11) is 0. The summed E-state index contributed by atoms with van der Waals surface area (Å²) in [5.41, 5.74) is 12.7. The molecule has 0 spiro atoms. The number of amides is 4. The molecule has 12 nitrogen and oxygen atoms in total. The normalized spacial score (nSPS) is 14.3. The number of nitrogens with two attached hydrogens (primary N) is 2. The highest BCUT2D eigenvalue weighted by molar-refractivity contribution is 7.80. The van der Waals surface area contributed by atoms with Crippen molar-refractivity contribution in [1.82, 2.24) is 20.9 Å². The second kappa shape index (κ2) is 14.4. The SMILES string of the molecule is CC(C)CC(N)C(=O)NC(Cc1c[nH]c2ccccc12)C(=O)NC(CS)C(=O)NC(CCC(N)=O)C(=O)O. The molecule has 0 aliphatic heterocycles. The van der Waals surface area contributed by atoms with Crippen LogP contribution in [0.4, 0.5) is 0 Å². The van der Waals surface area contributed by atoms with E-state index in [0.29, 0.717) is 6.42 Å². The molecule has 208 valence electrons. The van der Waals surface area contributed by atoms with Crippen LogP contribution in [-0.2, 0) is 30.4 Å². The predicted octanol–water partition coefficient (Wildman–Crippen LogP) is -0.182. The van der Waals surface area contributed by atoms with E-state index in [4.69, 9.17) is 11.5 Å². The average Bonchev–Trinajstić information content (AvgIpc) is 3.26. The highest BCUT2D eigenvalue weighted by atomic mass is 32.1. The Bertz CT molecular complexity index is 1150. The highest BCUT2D eigenvalue weighted by Gasteiger charge is 2.30. The van der Waals surface area contributed by atoms with E-state index in [-0.39, 0.29) is 30.9 Å². The summed E-state index contributed by atoms with van der Waals surface area (Å²) in [6.45, 7) is 3.85. The van der Waals surface area contributed by atoms with Gasteiger partial charge in [-0.1, -0.05) is 32.0 Å². The Morgan fingerprint density at radius 2 is 1.58 bits per heavy atom. The van der Waals surface area contributed by atoms with E-state index in [9.17, 15) is 29.1 Å². The Kier molecular flexibility index (Phi) is 11.6. The minimum atomic E-state index is -1.38. The molecule has 0 bridgehead atoms. The molecule has 0 aliphatic carbocycles. The van der Waals surface area contributed by atoms with Gasteiger partial charge in [-0.2, -0.15) is 12.6 Å². The molecule has 0 aliphatic rings. The standard InChI is InChI=1S/C25H36N6O6S/c1-13(2)9-16(26)22(33)30-19(10-14-11-28-17-6-4-3-5-15(14)17)23(34)31-20(12-38)24(35)29-18(25(36)37)7-8-21(27)32/h3-6,11,13,16,18-20,28,38H,7-10,12,26H2,1-2H3,(H2,27,32)(H,29,35)(H,30,33)(H,31,34)(H,36,37). The Morgan fingerprint density at radius 1 is 0.974 bits per heavy atom. The first kappa shape index (κ1) is 30.6. The van der Waals surface area contributed by atoms with Crippen LogP contribution in [0.1, 0.15) is 38.7 Å². The number of rotatable bonds is 15. The van der Waals surface area contributed by atoms with Crippen molar-refractivity contribution in [2.45, 2.75) is 63.7 Å². The quantitative estimate of drug-likeness (QED) is 0.141. The van der Waals surface area contributed by atoms with Gasteiger partial charge in [0.1, 0.15) is 18.1 Å². The number of fused-ring (bicyclic) bond motifs is 1. The number of hydrogen-bond donors (Lipinski definition) is 8. The minimum absolute atomic E-state index is 0.104. The summed E-state index contributed by atoms with van der Waals surface area (Å²) in [6.07, 6.45) is 1.80. The number of hydrogen-bond acceptors (Lipinski definition) is 7. The van der Waals surface area contributed by atoms with Gasteiger partial charge < -0.3 is 37.5 Å². The molecule has 2 rings (SSSR count). The van der Waals surface area contributed by atoms with Crippen LogP contribution in [0.2, 0.25) is 0 Å². The van der Waals surface area contributed by atoms with Gasteiger partial charge in [-0.3, -0.25) is 19.2 Å². The molecule has 1 aromatic heterocycles. The van der Waals surface area contributed by atoms with Crippen LogP contribution >= 0.6 is 12.6 Å². The molecule has 4 unspecified atom stereocenters. The van der Waals surface area contributed by atoms with Gasteiger partial charge in [0.2, 0.25) is 23.6 Å². The lowest BCUT2D eigenvalue weighted by atomic mass is 10.0. The van der Waals surface area contributed by atoms with E-state index in [1.54, 1.807) is 6.20 Å². The Balaban J connectivity index is 2.21. The Hall–Kier alpha value is -3.58. The van der Waals surface area contributed by atoms with E-state index in [1.165, 1.54) is 0 Å². The van der Waals surface area contributed by atoms with Crippen molar-refractivity contribution in [2.75, 3.05) is 5.75 Å². The summed E-state index contributed by atoms with van der Waals surface area (Å²) >= 11 is 4.13. The first-order valence-electron chi connectivity index (χ1n) is 12.3. The molecular formula is C25H36N6O6S. The van der Waals surface area contributed by atoms with Crippen LogP contribution < -0.4 is 27.4 Å². The van der Waals surface area contributed by atoms with Gasteiger partial charge in [0.15, 0.2) is 0 Å². The molecule has 4 atom stereocenters. The number of primary amides is 1. The van der Waals surface area contributed by atoms with Crippen molar-refractivity contribution in [3.05, 3.63) is 36.0 Å². The maximum Gasteiger partial charge on any atom is 0.326 e. The Labute approximate surface area is 226 Å². The molecule has 0 saturated heterocycles. The number of thiol groups is 1. The van der Waals surface area contributed by atoms with Gasteiger partial charge in [0, 0.05) is 35.7 Å². The van der Waals surface area contributed by atoms with Crippen LogP contribution in [0.15, 0.2) is 30.5 Å². The lowest BCUT2D eigenvalue weighted by Crippen LogP contribution is -2.58. The van der Waals surface area contributed by atoms with Gasteiger partial charge in [-0.25, -0.2) is 4.79 Å². The number of aliphatic carboxylic acids is 1. The number of carboxylic acid groups (broad SMARTS) is 1. The highest BCUT2D eigenvalue weighted by Crippen LogP contribution is 2.19. The van der Waals surface area contributed by atoms with Gasteiger partial charge in [-0.15, -0.1) is 0 Å². The number of carbonyl (C=O) groups excluding carboxylic acids is 4. The molecule has 9 N–H and O–H groups in total. The third kappa shape index (κ3) is 9.06. The number of H-pyrrole nitrogens is 1. The number of aromatic amines is 1. The molecule has 38 heavy (non-hydrogen) atoms. The summed E-state index contributed by atoms with van der Waals surface area (Å²) in [6, 6.07) is 2.96. The number of carboxylic acids is 1. The molecule has 1 aromatic carbocycles. The molecular weight excluding hydrogens is 512 g/mol. The molecule has 2 aromatic rings. The lowest BCUT2D eigenvalue weighted by molar-refractivity contribution is -0.142. The van der Waals surface area contributed by atoms with E-state index in [1.807, 2.05) is 38.1 Å². The third-order valence-corrected chi connectivity index (χ3v) is 6.27. The summed E-state index contributed by atoms with van der Waals surface area (Å²) in [5, 5.41) is 17.8. The summed E-state index contributed by atoms with van der Waals surface area (Å²) < 4.78 is 0. The molecule has 0 saturated carbocycles. The van der Waals surface area contributed by atoms with Crippen molar-refractivity contribution in [3.8, 4) is 0 Å². The zero-order chi connectivity index (χ0) is 28.4. The van der Waals surface area contributed by atoms with Crippen molar-refractivity contribution in [3.63, 3.8) is 0 Å². The van der Waals surface area contributed by atoms with Gasteiger partial charge in [0.05, 0.1) is 6.04 Å². The fourth-order valence-corrected chi connectivity index (χ4v) is 4.16. The number of benzene rings is 1. The monoisotopic (exact) mass is 548 g/mol. The molecule has 4 amide bonds. The lowest BCUT2D eigenvalue weighted by Gasteiger charge is -2.24. The predicted molar refractivity (Wildman–Crippen MR) is 145 cm³/mol. The second-order valence-corrected chi connectivity index (χ2v) is 9.87. The largest absolute Gasteiger partial charge is 0.480 e. The van der Waals surface area contributed by atoms with Crippen molar-refractivity contribution in [1.29, 1.82) is 0 Å². The summed E-state index contributed by atoms with van der Waals surface area (Å²) in [5.74, 6) is -4.05. The number of aromatic nitrogens is 1. The van der Waals surface area contributed by atoms with Gasteiger partial charge >= 0.3 is 5.97 Å². The van der Waals surface area contributed by atoms with Gasteiger partial charge in [-0.05, 0) is 30.4 Å². The number of carbonyl (C=O) groups is 5. The molecule has 0 fully saturated rings. The van der Waals surface area contributed by atoms with Crippen LogP contribution in [-0.4, -0.2) is 69.6 Å². The maximum atomic E-state index is 13.3. The summed E-state index contributed by atoms with van der Waals surface area (Å²) in [4.78, 5) is 64.5. The third-order valence-electron chi connectivity index (χ3n) is 5.90. The van der Waals surface area contributed by atoms with E-state index in [2.05, 4.69) is 33.6 Å². The second-order valence-electron chi connectivity index (χ2n) is 9.51. The van der Waals surface area contributed by atoms with Gasteiger partial charge in [0.25, 0.3) is 0 Å². The molecule has 1 heterocycles. The number of nitrogens with one attached hydrogen (secondary N) is 4. The van der Waals surface area contributed by atoms with E-state index < -0.39 is 53.8 Å².